The summed E-state index contributed by atoms with van der Waals surface area (Å²) in [5.74, 6) is 0.642. The van der Waals surface area contributed by atoms with E-state index in [1.54, 1.807) is 0 Å². The molecule has 0 saturated carbocycles. The Kier molecular flexibility index (Phi) is 4.76. The summed E-state index contributed by atoms with van der Waals surface area (Å²) in [6.45, 7) is 2.29. The SMILES string of the molecule is O=C(O)[C@]12COc3ccccc3[C@H]1CN(Cc1ccc(OCCO)cc1)C2. The van der Waals surface area contributed by atoms with E-state index in [4.69, 9.17) is 14.6 Å². The van der Waals surface area contributed by atoms with Crippen molar-refractivity contribution in [2.24, 2.45) is 5.41 Å². The molecule has 2 heterocycles. The summed E-state index contributed by atoms with van der Waals surface area (Å²) in [6.07, 6.45) is 0. The van der Waals surface area contributed by atoms with Gasteiger partial charge in [0.25, 0.3) is 0 Å². The first kappa shape index (κ1) is 17.8. The van der Waals surface area contributed by atoms with Gasteiger partial charge < -0.3 is 19.7 Å². The smallest absolute Gasteiger partial charge is 0.315 e. The maximum Gasteiger partial charge on any atom is 0.315 e. The van der Waals surface area contributed by atoms with Crippen molar-refractivity contribution in [1.82, 2.24) is 4.90 Å². The molecule has 0 spiro atoms. The molecule has 2 N–H and O–H groups in total. The first-order valence-corrected chi connectivity index (χ1v) is 9.12. The average molecular weight is 369 g/mol. The number of carboxylic acids is 1. The van der Waals surface area contributed by atoms with Crippen molar-refractivity contribution in [2.75, 3.05) is 32.9 Å². The summed E-state index contributed by atoms with van der Waals surface area (Å²) < 4.78 is 11.2. The zero-order chi connectivity index (χ0) is 18.9. The van der Waals surface area contributed by atoms with Gasteiger partial charge in [-0.2, -0.15) is 0 Å². The monoisotopic (exact) mass is 369 g/mol. The summed E-state index contributed by atoms with van der Waals surface area (Å²) in [5, 5.41) is 18.8. The van der Waals surface area contributed by atoms with Gasteiger partial charge in [0.05, 0.1) is 6.61 Å². The van der Waals surface area contributed by atoms with E-state index in [1.165, 1.54) is 0 Å². The molecule has 0 aliphatic carbocycles. The lowest BCUT2D eigenvalue weighted by atomic mass is 9.73. The Morgan fingerprint density at radius 3 is 2.74 bits per heavy atom. The van der Waals surface area contributed by atoms with Gasteiger partial charge in [-0.1, -0.05) is 30.3 Å². The first-order chi connectivity index (χ1) is 13.1. The maximum atomic E-state index is 12.2. The molecule has 2 aliphatic rings. The second-order valence-corrected chi connectivity index (χ2v) is 7.23. The van der Waals surface area contributed by atoms with Crippen LogP contribution in [0, 0.1) is 5.41 Å². The minimum atomic E-state index is -0.904. The van der Waals surface area contributed by atoms with Crippen molar-refractivity contribution in [1.29, 1.82) is 0 Å². The number of ether oxygens (including phenoxy) is 2. The maximum absolute atomic E-state index is 12.2. The fourth-order valence-electron chi connectivity index (χ4n) is 4.17. The first-order valence-electron chi connectivity index (χ1n) is 9.12. The van der Waals surface area contributed by atoms with Gasteiger partial charge in [0.2, 0.25) is 0 Å². The second-order valence-electron chi connectivity index (χ2n) is 7.23. The lowest BCUT2D eigenvalue weighted by molar-refractivity contribution is -0.151. The summed E-state index contributed by atoms with van der Waals surface area (Å²) in [7, 11) is 0. The van der Waals surface area contributed by atoms with E-state index >= 15 is 0 Å². The predicted molar refractivity (Wildman–Crippen MR) is 99.0 cm³/mol. The number of aliphatic hydroxyl groups excluding tert-OH is 1. The molecule has 0 radical (unpaired) electrons. The quantitative estimate of drug-likeness (QED) is 0.812. The van der Waals surface area contributed by atoms with Gasteiger partial charge in [0.1, 0.15) is 30.1 Å². The lowest BCUT2D eigenvalue weighted by Crippen LogP contribution is -2.45. The fourth-order valence-corrected chi connectivity index (χ4v) is 4.17. The molecular formula is C21H23NO5. The standard InChI is InChI=1S/C21H23NO5/c23-9-10-26-16-7-5-15(6-8-16)11-22-12-18-17-3-1-2-4-19(17)27-14-21(18,13-22)20(24)25/h1-8,18,23H,9-14H2,(H,24,25)/t18-,21-/m1/s1. The Labute approximate surface area is 157 Å². The number of fused-ring (bicyclic) bond motifs is 3. The number of hydrogen-bond acceptors (Lipinski definition) is 5. The molecule has 2 aromatic carbocycles. The third-order valence-corrected chi connectivity index (χ3v) is 5.51. The number of aliphatic carboxylic acids is 1. The largest absolute Gasteiger partial charge is 0.492 e. The van der Waals surface area contributed by atoms with Crippen LogP contribution in [0.2, 0.25) is 0 Å². The molecule has 4 rings (SSSR count). The molecule has 27 heavy (non-hydrogen) atoms. The van der Waals surface area contributed by atoms with Crippen molar-refractivity contribution < 1.29 is 24.5 Å². The van der Waals surface area contributed by atoms with E-state index in [2.05, 4.69) is 4.90 Å². The van der Waals surface area contributed by atoms with Gasteiger partial charge in [0, 0.05) is 25.6 Å². The van der Waals surface area contributed by atoms with Gasteiger partial charge >= 0.3 is 5.97 Å². The lowest BCUT2D eigenvalue weighted by Gasteiger charge is -2.35. The van der Waals surface area contributed by atoms with Gasteiger partial charge in [-0.05, 0) is 29.3 Å². The number of carbonyl (C=O) groups is 1. The van der Waals surface area contributed by atoms with Crippen LogP contribution >= 0.6 is 0 Å². The Balaban J connectivity index is 1.52. The van der Waals surface area contributed by atoms with E-state index < -0.39 is 11.4 Å². The van der Waals surface area contributed by atoms with Crippen LogP contribution < -0.4 is 9.47 Å². The number of para-hydroxylation sites is 1. The van der Waals surface area contributed by atoms with Crippen LogP contribution in [0.1, 0.15) is 17.0 Å². The highest BCUT2D eigenvalue weighted by Crippen LogP contribution is 2.49. The second kappa shape index (κ2) is 7.21. The number of hydrogen-bond donors (Lipinski definition) is 2. The van der Waals surface area contributed by atoms with E-state index in [-0.39, 0.29) is 25.7 Å². The highest BCUT2D eigenvalue weighted by molar-refractivity contribution is 5.78. The molecule has 0 aromatic heterocycles. The fraction of sp³-hybridized carbons (Fsp3) is 0.381. The normalized spacial score (nSPS) is 24.0. The topological polar surface area (TPSA) is 79.2 Å². The molecule has 6 nitrogen and oxygen atoms in total. The average Bonchev–Trinajstić information content (AvgIpc) is 3.07. The van der Waals surface area contributed by atoms with E-state index in [0.717, 1.165) is 16.9 Å². The minimum absolute atomic E-state index is 0.0161. The van der Waals surface area contributed by atoms with Crippen molar-refractivity contribution in [2.45, 2.75) is 12.5 Å². The molecule has 6 heteroatoms. The molecular weight excluding hydrogens is 346 g/mol. The number of aliphatic hydroxyl groups is 1. The summed E-state index contributed by atoms with van der Waals surface area (Å²) in [4.78, 5) is 14.4. The number of nitrogens with zero attached hydrogens (tertiary/aromatic N) is 1. The Morgan fingerprint density at radius 1 is 1.22 bits per heavy atom. The van der Waals surface area contributed by atoms with Crippen molar-refractivity contribution in [3.05, 3.63) is 59.7 Å². The molecule has 2 atom stereocenters. The molecule has 0 amide bonds. The summed E-state index contributed by atoms with van der Waals surface area (Å²) >= 11 is 0. The van der Waals surface area contributed by atoms with Crippen LogP contribution in [0.15, 0.2) is 48.5 Å². The Bertz CT molecular complexity index is 822. The van der Waals surface area contributed by atoms with Gasteiger partial charge in [-0.25, -0.2) is 0 Å². The molecule has 2 aliphatic heterocycles. The van der Waals surface area contributed by atoms with Gasteiger partial charge in [-0.15, -0.1) is 0 Å². The zero-order valence-corrected chi connectivity index (χ0v) is 15.0. The molecule has 142 valence electrons. The highest BCUT2D eigenvalue weighted by Gasteiger charge is 2.56. The number of likely N-dealkylation sites (tertiary alicyclic amines) is 1. The number of carboxylic acid groups (broad SMARTS) is 1. The number of benzene rings is 2. The molecule has 0 bridgehead atoms. The van der Waals surface area contributed by atoms with E-state index in [0.29, 0.717) is 25.4 Å². The number of rotatable bonds is 6. The third kappa shape index (κ3) is 3.26. The Hall–Kier alpha value is -2.57. The van der Waals surface area contributed by atoms with Crippen LogP contribution in [-0.4, -0.2) is 54.0 Å². The van der Waals surface area contributed by atoms with E-state index in [9.17, 15) is 9.90 Å². The van der Waals surface area contributed by atoms with Crippen LogP contribution in [-0.2, 0) is 11.3 Å². The van der Waals surface area contributed by atoms with Crippen LogP contribution in [0.5, 0.6) is 11.5 Å². The Morgan fingerprint density at radius 2 is 2.00 bits per heavy atom. The third-order valence-electron chi connectivity index (χ3n) is 5.51. The van der Waals surface area contributed by atoms with Crippen molar-refractivity contribution >= 4 is 5.97 Å². The summed E-state index contributed by atoms with van der Waals surface area (Å²) in [6, 6.07) is 15.5. The molecule has 2 aromatic rings. The molecule has 1 saturated heterocycles. The van der Waals surface area contributed by atoms with Crippen molar-refractivity contribution in [3.8, 4) is 11.5 Å². The van der Waals surface area contributed by atoms with E-state index in [1.807, 2.05) is 48.5 Å². The molecule has 1 fully saturated rings. The van der Waals surface area contributed by atoms with Crippen molar-refractivity contribution in [3.63, 3.8) is 0 Å². The van der Waals surface area contributed by atoms with Crippen LogP contribution in [0.25, 0.3) is 0 Å². The highest BCUT2D eigenvalue weighted by atomic mass is 16.5. The van der Waals surface area contributed by atoms with Gasteiger partial charge in [0.15, 0.2) is 0 Å². The van der Waals surface area contributed by atoms with Gasteiger partial charge in [-0.3, -0.25) is 9.69 Å². The zero-order valence-electron chi connectivity index (χ0n) is 15.0. The predicted octanol–water partition coefficient (Wildman–Crippen LogP) is 2.12. The van der Waals surface area contributed by atoms with Crippen LogP contribution in [0.4, 0.5) is 0 Å². The molecule has 0 unspecified atom stereocenters. The summed E-state index contributed by atoms with van der Waals surface area (Å²) in [5.41, 5.74) is 1.18. The van der Waals surface area contributed by atoms with Crippen LogP contribution in [0.3, 0.4) is 0 Å². The minimum Gasteiger partial charge on any atom is -0.492 e.